The van der Waals surface area contributed by atoms with Crippen LogP contribution in [0.2, 0.25) is 5.02 Å². The van der Waals surface area contributed by atoms with Crippen LogP contribution in [0.25, 0.3) is 5.57 Å². The van der Waals surface area contributed by atoms with Crippen LogP contribution >= 0.6 is 11.6 Å². The molecule has 1 atom stereocenters. The molecule has 152 valence electrons. The largest absolute Gasteiger partial charge is 0.484 e. The molecule has 0 unspecified atom stereocenters. The van der Waals surface area contributed by atoms with E-state index >= 15 is 0 Å². The lowest BCUT2D eigenvalue weighted by atomic mass is 10.1. The van der Waals surface area contributed by atoms with Crippen LogP contribution in [-0.2, 0) is 4.79 Å². The molecule has 1 amide bonds. The molecule has 2 aromatic rings. The molecule has 0 aliphatic rings. The van der Waals surface area contributed by atoms with Crippen molar-refractivity contribution >= 4 is 23.1 Å². The Labute approximate surface area is 164 Å². The Bertz CT molecular complexity index is 829. The number of rotatable bonds is 10. The van der Waals surface area contributed by atoms with Crippen LogP contribution in [-0.4, -0.2) is 35.7 Å². The van der Waals surface area contributed by atoms with Crippen molar-refractivity contribution in [3.63, 3.8) is 0 Å². The molecule has 0 bridgehead atoms. The lowest BCUT2D eigenvalue weighted by Gasteiger charge is -2.08. The van der Waals surface area contributed by atoms with Gasteiger partial charge in [0, 0.05) is 30.5 Å². The number of carbonyl (C=O) groups excluding carboxylic acids is 1. The second-order valence-electron chi connectivity index (χ2n) is 6.04. The lowest BCUT2D eigenvalue weighted by molar-refractivity contribution is -0.123. The molecular formula is C18H19ClF3N3O3. The third-order valence-corrected chi connectivity index (χ3v) is 4.01. The third kappa shape index (κ3) is 6.56. The van der Waals surface area contributed by atoms with E-state index < -0.39 is 24.1 Å². The molecule has 0 aliphatic carbocycles. The van der Waals surface area contributed by atoms with E-state index in [4.69, 9.17) is 20.8 Å². The highest BCUT2D eigenvalue weighted by Crippen LogP contribution is 2.24. The van der Waals surface area contributed by atoms with Crippen molar-refractivity contribution in [2.45, 2.75) is 32.1 Å². The summed E-state index contributed by atoms with van der Waals surface area (Å²) in [6, 6.07) is 3.86. The Balaban J connectivity index is 1.73. The number of hydrogen-bond acceptors (Lipinski definition) is 5. The molecule has 0 fully saturated rings. The monoisotopic (exact) mass is 417 g/mol. The van der Waals surface area contributed by atoms with Crippen molar-refractivity contribution in [2.24, 2.45) is 0 Å². The molecule has 0 spiro atoms. The maximum atomic E-state index is 13.3. The first-order valence-electron chi connectivity index (χ1n) is 8.40. The van der Waals surface area contributed by atoms with Crippen molar-refractivity contribution in [3.05, 3.63) is 47.4 Å². The first kappa shape index (κ1) is 21.7. The summed E-state index contributed by atoms with van der Waals surface area (Å²) >= 11 is 5.56. The summed E-state index contributed by atoms with van der Waals surface area (Å²) < 4.78 is 48.6. The second-order valence-corrected chi connectivity index (χ2v) is 6.45. The maximum Gasteiger partial charge on any atom is 0.257 e. The van der Waals surface area contributed by atoms with Crippen molar-refractivity contribution < 1.29 is 27.1 Å². The molecule has 1 aromatic heterocycles. The highest BCUT2D eigenvalue weighted by atomic mass is 35.5. The average molecular weight is 418 g/mol. The van der Waals surface area contributed by atoms with E-state index in [9.17, 15) is 18.0 Å². The van der Waals surface area contributed by atoms with Crippen LogP contribution in [0.1, 0.15) is 37.5 Å². The molecule has 28 heavy (non-hydrogen) atoms. The van der Waals surface area contributed by atoms with Crippen molar-refractivity contribution in [1.82, 2.24) is 15.5 Å². The molecule has 0 saturated heterocycles. The van der Waals surface area contributed by atoms with E-state index in [2.05, 4.69) is 22.1 Å². The van der Waals surface area contributed by atoms with Crippen molar-refractivity contribution in [1.29, 1.82) is 0 Å². The Morgan fingerprint density at radius 3 is 2.82 bits per heavy atom. The zero-order chi connectivity index (χ0) is 20.7. The summed E-state index contributed by atoms with van der Waals surface area (Å²) in [7, 11) is 0. The van der Waals surface area contributed by atoms with E-state index in [1.807, 2.05) is 0 Å². The topological polar surface area (TPSA) is 77.2 Å². The molecule has 0 aliphatic heterocycles. The number of ether oxygens (including phenoxy) is 1. The molecule has 1 aromatic carbocycles. The number of halogens is 4. The van der Waals surface area contributed by atoms with Gasteiger partial charge in [0.25, 0.3) is 5.91 Å². The summed E-state index contributed by atoms with van der Waals surface area (Å²) in [6.07, 6.45) is -2.52. The fraction of sp³-hybridized carbons (Fsp3) is 0.389. The van der Waals surface area contributed by atoms with Gasteiger partial charge in [0.05, 0.1) is 5.02 Å². The molecule has 2 rings (SSSR count). The van der Waals surface area contributed by atoms with Gasteiger partial charge in [0.1, 0.15) is 11.6 Å². The molecule has 10 heteroatoms. The summed E-state index contributed by atoms with van der Waals surface area (Å²) in [5.41, 5.74) is 0.462. The molecule has 1 N–H and O–H groups in total. The predicted octanol–water partition coefficient (Wildman–Crippen LogP) is 4.22. The van der Waals surface area contributed by atoms with E-state index in [0.717, 1.165) is 6.07 Å². The van der Waals surface area contributed by atoms with E-state index in [0.29, 0.717) is 12.0 Å². The smallest absolute Gasteiger partial charge is 0.257 e. The van der Waals surface area contributed by atoms with Crippen LogP contribution < -0.4 is 10.1 Å². The second kappa shape index (κ2) is 10.1. The van der Waals surface area contributed by atoms with Gasteiger partial charge in [0.2, 0.25) is 18.2 Å². The number of amides is 1. The zero-order valence-corrected chi connectivity index (χ0v) is 15.8. The van der Waals surface area contributed by atoms with Crippen molar-refractivity contribution in [3.8, 4) is 5.75 Å². The number of hydrogen-bond donors (Lipinski definition) is 1. The minimum absolute atomic E-state index is 0.0388. The van der Waals surface area contributed by atoms with Crippen LogP contribution in [0.3, 0.4) is 0 Å². The summed E-state index contributed by atoms with van der Waals surface area (Å²) in [5, 5.41) is 10.1. The van der Waals surface area contributed by atoms with Gasteiger partial charge in [-0.3, -0.25) is 4.79 Å². The normalized spacial score (nSPS) is 12.1. The number of benzene rings is 1. The van der Waals surface area contributed by atoms with E-state index in [1.54, 1.807) is 6.92 Å². The number of carbonyl (C=O) groups is 1. The highest BCUT2D eigenvalue weighted by Gasteiger charge is 2.19. The van der Waals surface area contributed by atoms with Gasteiger partial charge in [-0.25, -0.2) is 13.2 Å². The van der Waals surface area contributed by atoms with Crippen LogP contribution in [0.5, 0.6) is 5.75 Å². The van der Waals surface area contributed by atoms with Gasteiger partial charge in [-0.05, 0) is 18.6 Å². The van der Waals surface area contributed by atoms with Crippen LogP contribution in [0, 0.1) is 5.82 Å². The average Bonchev–Trinajstić information content (AvgIpc) is 3.12. The van der Waals surface area contributed by atoms with Gasteiger partial charge in [-0.2, -0.15) is 0 Å². The molecular weight excluding hydrogens is 399 g/mol. The number of nitrogens with one attached hydrogen (secondary N) is 1. The van der Waals surface area contributed by atoms with Gasteiger partial charge in [0.15, 0.2) is 6.61 Å². The van der Waals surface area contributed by atoms with Gasteiger partial charge >= 0.3 is 0 Å². The Morgan fingerprint density at radius 2 is 2.14 bits per heavy atom. The lowest BCUT2D eigenvalue weighted by Crippen LogP contribution is -2.29. The number of aromatic nitrogens is 2. The molecule has 0 saturated carbocycles. The fourth-order valence-electron chi connectivity index (χ4n) is 2.17. The zero-order valence-electron chi connectivity index (χ0n) is 15.1. The summed E-state index contributed by atoms with van der Waals surface area (Å²) in [5.74, 6) is -1.19. The van der Waals surface area contributed by atoms with Crippen LogP contribution in [0.15, 0.2) is 29.2 Å². The summed E-state index contributed by atoms with van der Waals surface area (Å²) in [4.78, 5) is 11.8. The molecule has 1 heterocycles. The van der Waals surface area contributed by atoms with E-state index in [-0.39, 0.29) is 42.1 Å². The Kier molecular flexibility index (Phi) is 7.86. The van der Waals surface area contributed by atoms with Crippen molar-refractivity contribution in [2.75, 3.05) is 13.2 Å². The molecule has 6 nitrogen and oxygen atoms in total. The maximum absolute atomic E-state index is 13.3. The minimum Gasteiger partial charge on any atom is -0.484 e. The molecule has 0 radical (unpaired) electrons. The predicted molar refractivity (Wildman–Crippen MR) is 96.9 cm³/mol. The third-order valence-electron chi connectivity index (χ3n) is 3.71. The Morgan fingerprint density at radius 1 is 1.39 bits per heavy atom. The first-order chi connectivity index (χ1) is 13.3. The standard InChI is InChI=1S/C18H19ClF3N3O3/c1-10(17-24-25-18(28-17)11(2)7-15(21)22)5-6-23-16(26)9-27-12-3-4-13(19)14(20)8-12/h3-4,8,11,15H,1,5-7,9H2,2H3,(H,23,26)/t11-/m1/s1. The van der Waals surface area contributed by atoms with Gasteiger partial charge in [-0.1, -0.05) is 25.1 Å². The van der Waals surface area contributed by atoms with E-state index in [1.165, 1.54) is 12.1 Å². The van der Waals surface area contributed by atoms with Gasteiger partial charge in [-0.15, -0.1) is 10.2 Å². The number of nitrogens with zero attached hydrogens (tertiary/aromatic N) is 2. The minimum atomic E-state index is -2.46. The Hall–Kier alpha value is -2.55. The fourth-order valence-corrected chi connectivity index (χ4v) is 2.29. The SMILES string of the molecule is C=C(CCNC(=O)COc1ccc(Cl)c(F)c1)c1nnc([C@H](C)CC(F)F)o1. The summed E-state index contributed by atoms with van der Waals surface area (Å²) in [6.45, 7) is 5.27. The quantitative estimate of drug-likeness (QED) is 0.626. The van der Waals surface area contributed by atoms with Crippen LogP contribution in [0.4, 0.5) is 13.2 Å². The highest BCUT2D eigenvalue weighted by molar-refractivity contribution is 6.30. The van der Waals surface area contributed by atoms with Gasteiger partial charge < -0.3 is 14.5 Å². The first-order valence-corrected chi connectivity index (χ1v) is 8.78. The number of alkyl halides is 2.